The standard InChI is InChI=1S/C18H15ClN2O3/c1-11-3-4-12(2)15(7-11)18(23)24-10-17(22)21-16-8-14(19)6-5-13(16)9-20/h3-8H,10H2,1-2H3,(H,21,22). The maximum atomic E-state index is 12.1. The van der Waals surface area contributed by atoms with Crippen LogP contribution < -0.4 is 5.32 Å². The summed E-state index contributed by atoms with van der Waals surface area (Å²) in [6, 6.07) is 11.9. The number of hydrogen-bond acceptors (Lipinski definition) is 4. The molecule has 0 aliphatic rings. The van der Waals surface area contributed by atoms with E-state index < -0.39 is 18.5 Å². The highest BCUT2D eigenvalue weighted by atomic mass is 35.5. The number of rotatable bonds is 4. The van der Waals surface area contributed by atoms with Crippen LogP contribution >= 0.6 is 11.6 Å². The van der Waals surface area contributed by atoms with Crippen LogP contribution in [0.2, 0.25) is 5.02 Å². The number of ether oxygens (including phenoxy) is 1. The number of carbonyl (C=O) groups is 2. The lowest BCUT2D eigenvalue weighted by Crippen LogP contribution is -2.21. The molecule has 2 aromatic carbocycles. The molecule has 0 atom stereocenters. The number of carbonyl (C=O) groups excluding carboxylic acids is 2. The van der Waals surface area contributed by atoms with Crippen LogP contribution in [0.25, 0.3) is 0 Å². The highest BCUT2D eigenvalue weighted by molar-refractivity contribution is 6.31. The van der Waals surface area contributed by atoms with Crippen LogP contribution in [0, 0.1) is 25.2 Å². The van der Waals surface area contributed by atoms with Gasteiger partial charge in [-0.15, -0.1) is 0 Å². The third-order valence-corrected chi connectivity index (χ3v) is 3.56. The third kappa shape index (κ3) is 4.34. The SMILES string of the molecule is Cc1ccc(C)c(C(=O)OCC(=O)Nc2cc(Cl)ccc2C#N)c1. The van der Waals surface area contributed by atoms with Crippen molar-refractivity contribution in [3.8, 4) is 6.07 Å². The van der Waals surface area contributed by atoms with Crippen molar-refractivity contribution >= 4 is 29.2 Å². The quantitative estimate of drug-likeness (QED) is 0.860. The summed E-state index contributed by atoms with van der Waals surface area (Å²) in [5.74, 6) is -1.12. The average Bonchev–Trinajstić information content (AvgIpc) is 2.55. The number of hydrogen-bond donors (Lipinski definition) is 1. The highest BCUT2D eigenvalue weighted by Crippen LogP contribution is 2.20. The second kappa shape index (κ2) is 7.62. The van der Waals surface area contributed by atoms with E-state index in [0.717, 1.165) is 11.1 Å². The van der Waals surface area contributed by atoms with E-state index in [4.69, 9.17) is 21.6 Å². The summed E-state index contributed by atoms with van der Waals surface area (Å²) in [5.41, 5.74) is 2.66. The molecule has 6 heteroatoms. The molecule has 0 aliphatic heterocycles. The summed E-state index contributed by atoms with van der Waals surface area (Å²) in [4.78, 5) is 24.0. The minimum absolute atomic E-state index is 0.272. The van der Waals surface area contributed by atoms with Gasteiger partial charge in [0.15, 0.2) is 6.61 Å². The van der Waals surface area contributed by atoms with E-state index in [-0.39, 0.29) is 11.3 Å². The van der Waals surface area contributed by atoms with Crippen molar-refractivity contribution in [2.75, 3.05) is 11.9 Å². The Morgan fingerprint density at radius 3 is 2.67 bits per heavy atom. The van der Waals surface area contributed by atoms with Crippen molar-refractivity contribution in [3.63, 3.8) is 0 Å². The largest absolute Gasteiger partial charge is 0.452 e. The minimum atomic E-state index is -0.571. The van der Waals surface area contributed by atoms with Crippen LogP contribution in [-0.2, 0) is 9.53 Å². The van der Waals surface area contributed by atoms with Crippen molar-refractivity contribution < 1.29 is 14.3 Å². The molecule has 0 radical (unpaired) electrons. The Morgan fingerprint density at radius 2 is 1.96 bits per heavy atom. The van der Waals surface area contributed by atoms with E-state index >= 15 is 0 Å². The second-order valence-corrected chi connectivity index (χ2v) is 5.68. The van der Waals surface area contributed by atoms with Crippen molar-refractivity contribution in [1.29, 1.82) is 5.26 Å². The lowest BCUT2D eigenvalue weighted by atomic mass is 10.1. The van der Waals surface area contributed by atoms with E-state index in [2.05, 4.69) is 5.32 Å². The van der Waals surface area contributed by atoms with Gasteiger partial charge in [0.25, 0.3) is 5.91 Å². The first-order chi connectivity index (χ1) is 11.4. The fourth-order valence-electron chi connectivity index (χ4n) is 2.07. The summed E-state index contributed by atoms with van der Waals surface area (Å²) < 4.78 is 5.03. The molecule has 24 heavy (non-hydrogen) atoms. The number of esters is 1. The number of anilines is 1. The Balaban J connectivity index is 2.01. The van der Waals surface area contributed by atoms with E-state index in [1.165, 1.54) is 12.1 Å². The number of amides is 1. The zero-order valence-corrected chi connectivity index (χ0v) is 14.0. The fourth-order valence-corrected chi connectivity index (χ4v) is 2.24. The molecule has 0 bridgehead atoms. The number of benzene rings is 2. The molecule has 122 valence electrons. The molecule has 0 spiro atoms. The van der Waals surface area contributed by atoms with E-state index in [0.29, 0.717) is 10.6 Å². The molecular formula is C18H15ClN2O3. The van der Waals surface area contributed by atoms with Crippen LogP contribution in [0.4, 0.5) is 5.69 Å². The number of aryl methyl sites for hydroxylation is 2. The van der Waals surface area contributed by atoms with Gasteiger partial charge in [0.05, 0.1) is 16.8 Å². The zero-order chi connectivity index (χ0) is 17.7. The summed E-state index contributed by atoms with van der Waals surface area (Å²) in [7, 11) is 0. The molecular weight excluding hydrogens is 328 g/mol. The molecule has 0 heterocycles. The monoisotopic (exact) mass is 342 g/mol. The van der Waals surface area contributed by atoms with E-state index in [9.17, 15) is 9.59 Å². The van der Waals surface area contributed by atoms with Gasteiger partial charge in [-0.3, -0.25) is 4.79 Å². The Hall–Kier alpha value is -2.84. The molecule has 0 saturated carbocycles. The molecule has 1 N–H and O–H groups in total. The molecule has 2 aromatic rings. The van der Waals surface area contributed by atoms with Crippen molar-refractivity contribution in [2.24, 2.45) is 0 Å². The smallest absolute Gasteiger partial charge is 0.338 e. The first-order valence-electron chi connectivity index (χ1n) is 7.14. The van der Waals surface area contributed by atoms with E-state index in [1.54, 1.807) is 19.1 Å². The van der Waals surface area contributed by atoms with Gasteiger partial charge in [0.1, 0.15) is 6.07 Å². The first-order valence-corrected chi connectivity index (χ1v) is 7.52. The van der Waals surface area contributed by atoms with Gasteiger partial charge in [-0.25, -0.2) is 4.79 Å². The third-order valence-electron chi connectivity index (χ3n) is 3.32. The van der Waals surface area contributed by atoms with Crippen LogP contribution in [-0.4, -0.2) is 18.5 Å². The number of nitriles is 1. The molecule has 0 fully saturated rings. The molecule has 5 nitrogen and oxygen atoms in total. The van der Waals surface area contributed by atoms with Crippen LogP contribution in [0.3, 0.4) is 0 Å². The van der Waals surface area contributed by atoms with Gasteiger partial charge in [-0.1, -0.05) is 29.3 Å². The lowest BCUT2D eigenvalue weighted by molar-refractivity contribution is -0.119. The first kappa shape index (κ1) is 17.5. The van der Waals surface area contributed by atoms with Gasteiger partial charge in [0.2, 0.25) is 0 Å². The minimum Gasteiger partial charge on any atom is -0.452 e. The number of nitrogens with zero attached hydrogens (tertiary/aromatic N) is 1. The maximum absolute atomic E-state index is 12.1. The highest BCUT2D eigenvalue weighted by Gasteiger charge is 2.14. The maximum Gasteiger partial charge on any atom is 0.338 e. The van der Waals surface area contributed by atoms with Crippen LogP contribution in [0.15, 0.2) is 36.4 Å². The molecule has 0 unspecified atom stereocenters. The fraction of sp³-hybridized carbons (Fsp3) is 0.167. The predicted molar refractivity (Wildman–Crippen MR) is 91.0 cm³/mol. The molecule has 2 rings (SSSR count). The topological polar surface area (TPSA) is 79.2 Å². The van der Waals surface area contributed by atoms with E-state index in [1.807, 2.05) is 25.1 Å². The van der Waals surface area contributed by atoms with Gasteiger partial charge in [-0.2, -0.15) is 5.26 Å². The zero-order valence-electron chi connectivity index (χ0n) is 13.2. The van der Waals surface area contributed by atoms with Gasteiger partial charge < -0.3 is 10.1 Å². The second-order valence-electron chi connectivity index (χ2n) is 5.24. The number of halogens is 1. The Morgan fingerprint density at radius 1 is 1.21 bits per heavy atom. The van der Waals surface area contributed by atoms with Gasteiger partial charge >= 0.3 is 5.97 Å². The Kier molecular flexibility index (Phi) is 5.56. The van der Waals surface area contributed by atoms with Crippen LogP contribution in [0.5, 0.6) is 0 Å². The van der Waals surface area contributed by atoms with Gasteiger partial charge in [0, 0.05) is 5.02 Å². The van der Waals surface area contributed by atoms with Crippen molar-refractivity contribution in [1.82, 2.24) is 0 Å². The van der Waals surface area contributed by atoms with Crippen molar-refractivity contribution in [2.45, 2.75) is 13.8 Å². The summed E-state index contributed by atoms with van der Waals surface area (Å²) in [6.45, 7) is 3.20. The molecule has 0 aromatic heterocycles. The average molecular weight is 343 g/mol. The predicted octanol–water partition coefficient (Wildman–Crippen LogP) is 3.62. The van der Waals surface area contributed by atoms with Gasteiger partial charge in [-0.05, 0) is 43.7 Å². The normalized spacial score (nSPS) is 9.92. The molecule has 0 aliphatic carbocycles. The summed E-state index contributed by atoms with van der Waals surface area (Å²) >= 11 is 5.85. The Bertz CT molecular complexity index is 841. The summed E-state index contributed by atoms with van der Waals surface area (Å²) in [5, 5.41) is 11.9. The number of nitrogens with one attached hydrogen (secondary N) is 1. The molecule has 1 amide bonds. The lowest BCUT2D eigenvalue weighted by Gasteiger charge is -2.10. The van der Waals surface area contributed by atoms with Crippen molar-refractivity contribution in [3.05, 3.63) is 63.7 Å². The molecule has 0 saturated heterocycles. The summed E-state index contributed by atoms with van der Waals surface area (Å²) in [6.07, 6.45) is 0. The Labute approximate surface area is 144 Å². The van der Waals surface area contributed by atoms with Crippen LogP contribution in [0.1, 0.15) is 27.0 Å².